The minimum Gasteiger partial charge on any atom is -0.344 e. The molecule has 1 saturated carbocycles. The van der Waals surface area contributed by atoms with Crippen LogP contribution in [-0.2, 0) is 0 Å². The average Bonchev–Trinajstić information content (AvgIpc) is 1.46. The van der Waals surface area contributed by atoms with Crippen LogP contribution < -0.4 is 6.15 Å². The third-order valence-electron chi connectivity index (χ3n) is 0.354. The minimum atomic E-state index is 0. The lowest BCUT2D eigenvalue weighted by molar-refractivity contribution is 1.50. The Bertz CT molecular complexity index is 8.90. The lowest BCUT2D eigenvalue weighted by atomic mass is 11.0. The Balaban J connectivity index is -0.0000000112. The standard InChI is InChI=1S/C3H6.3CH4.H3N/c1-2-3-1;;;;/h1-3H2;3*1H4;1H3. The van der Waals surface area contributed by atoms with Crippen molar-refractivity contribution in [2.24, 2.45) is 0 Å². The summed E-state index contributed by atoms with van der Waals surface area (Å²) in [6, 6.07) is 0. The summed E-state index contributed by atoms with van der Waals surface area (Å²) in [7, 11) is 0. The first-order valence-electron chi connectivity index (χ1n) is 1.50. The van der Waals surface area contributed by atoms with Gasteiger partial charge in [-0.2, -0.15) is 0 Å². The van der Waals surface area contributed by atoms with Crippen LogP contribution in [0.1, 0.15) is 41.5 Å². The molecule has 0 unspecified atom stereocenters. The minimum absolute atomic E-state index is 0. The van der Waals surface area contributed by atoms with E-state index in [-0.39, 0.29) is 28.4 Å². The van der Waals surface area contributed by atoms with Crippen molar-refractivity contribution in [3.63, 3.8) is 0 Å². The predicted octanol–water partition coefficient (Wildman–Crippen LogP) is 3.24. The van der Waals surface area contributed by atoms with E-state index in [9.17, 15) is 0 Å². The quantitative estimate of drug-likeness (QED) is 0.506. The molecule has 1 fully saturated rings. The zero-order valence-corrected chi connectivity index (χ0v) is 2.83. The van der Waals surface area contributed by atoms with E-state index in [0.717, 1.165) is 0 Å². The van der Waals surface area contributed by atoms with Crippen LogP contribution in [0, 0.1) is 0 Å². The van der Waals surface area contributed by atoms with Gasteiger partial charge in [-0.1, -0.05) is 41.5 Å². The lowest BCUT2D eigenvalue weighted by Gasteiger charge is -1.05. The maximum Gasteiger partial charge on any atom is -0.0533 e. The van der Waals surface area contributed by atoms with Crippen molar-refractivity contribution in [2.75, 3.05) is 0 Å². The fraction of sp³-hybridized carbons (Fsp3) is 1.00. The van der Waals surface area contributed by atoms with Crippen molar-refractivity contribution in [1.29, 1.82) is 0 Å². The zero-order valence-electron chi connectivity index (χ0n) is 2.83. The van der Waals surface area contributed by atoms with Gasteiger partial charge in [-0.05, 0) is 0 Å². The van der Waals surface area contributed by atoms with Crippen LogP contribution in [0.25, 0.3) is 0 Å². The van der Waals surface area contributed by atoms with Gasteiger partial charge in [0.15, 0.2) is 0 Å². The summed E-state index contributed by atoms with van der Waals surface area (Å²) in [5, 5.41) is 0. The second-order valence-electron chi connectivity index (χ2n) is 1.06. The third-order valence-corrected chi connectivity index (χ3v) is 0.354. The van der Waals surface area contributed by atoms with Gasteiger partial charge in [0.2, 0.25) is 0 Å². The second-order valence-corrected chi connectivity index (χ2v) is 1.06. The van der Waals surface area contributed by atoms with E-state index in [1.165, 1.54) is 19.3 Å². The SMILES string of the molecule is C.C.C.C1CC1.N. The second kappa shape index (κ2) is 16.7. The van der Waals surface area contributed by atoms with Crippen LogP contribution in [0.2, 0.25) is 0 Å². The monoisotopic (exact) mass is 107 g/mol. The van der Waals surface area contributed by atoms with Gasteiger partial charge in [-0.15, -0.1) is 0 Å². The zero-order chi connectivity index (χ0) is 2.12. The van der Waals surface area contributed by atoms with Gasteiger partial charge in [-0.3, -0.25) is 0 Å². The molecule has 1 aliphatic carbocycles. The molecule has 3 N–H and O–H groups in total. The highest BCUT2D eigenvalue weighted by Crippen LogP contribution is 2.14. The molecule has 0 bridgehead atoms. The van der Waals surface area contributed by atoms with Gasteiger partial charge in [-0.25, -0.2) is 0 Å². The predicted molar refractivity (Wildman–Crippen MR) is 39.1 cm³/mol. The van der Waals surface area contributed by atoms with Crippen molar-refractivity contribution in [2.45, 2.75) is 41.5 Å². The van der Waals surface area contributed by atoms with Crippen LogP contribution in [0.15, 0.2) is 0 Å². The Kier molecular flexibility index (Phi) is 67.5. The molecule has 50 valence electrons. The first kappa shape index (κ1) is 28.2. The van der Waals surface area contributed by atoms with Crippen molar-refractivity contribution in [3.05, 3.63) is 0 Å². The molecule has 1 heteroatoms. The highest BCUT2D eigenvalue weighted by Gasteiger charge is 1.95. The molecule has 1 rings (SSSR count). The molecule has 0 atom stereocenters. The summed E-state index contributed by atoms with van der Waals surface area (Å²) in [4.78, 5) is 0. The van der Waals surface area contributed by atoms with Crippen molar-refractivity contribution in [1.82, 2.24) is 6.15 Å². The molecule has 1 aliphatic rings. The summed E-state index contributed by atoms with van der Waals surface area (Å²) in [5.74, 6) is 0. The van der Waals surface area contributed by atoms with Crippen LogP contribution in [0.3, 0.4) is 0 Å². The van der Waals surface area contributed by atoms with Gasteiger partial charge >= 0.3 is 0 Å². The van der Waals surface area contributed by atoms with Crippen LogP contribution >= 0.6 is 0 Å². The number of hydrogen-bond acceptors (Lipinski definition) is 1. The van der Waals surface area contributed by atoms with E-state index in [0.29, 0.717) is 0 Å². The fourth-order valence-electron chi connectivity index (χ4n) is 0. The van der Waals surface area contributed by atoms with Gasteiger partial charge in [0, 0.05) is 0 Å². The van der Waals surface area contributed by atoms with Crippen molar-refractivity contribution < 1.29 is 0 Å². The molecule has 0 saturated heterocycles. The van der Waals surface area contributed by atoms with Gasteiger partial charge in [0.1, 0.15) is 0 Å². The molecule has 0 aliphatic heterocycles. The van der Waals surface area contributed by atoms with Crippen molar-refractivity contribution in [3.8, 4) is 0 Å². The van der Waals surface area contributed by atoms with E-state index >= 15 is 0 Å². The molecule has 1 nitrogen and oxygen atoms in total. The fourth-order valence-corrected chi connectivity index (χ4v) is 0. The van der Waals surface area contributed by atoms with Crippen LogP contribution in [0.5, 0.6) is 0 Å². The van der Waals surface area contributed by atoms with Gasteiger partial charge < -0.3 is 6.15 Å². The number of rotatable bonds is 0. The Morgan fingerprint density at radius 3 is 0.714 bits per heavy atom. The maximum absolute atomic E-state index is 1.50. The van der Waals surface area contributed by atoms with Gasteiger partial charge in [0.25, 0.3) is 0 Å². The molecule has 0 aromatic heterocycles. The molecule has 0 radical (unpaired) electrons. The molecule has 0 aromatic rings. The molecular weight excluding hydrogens is 86.1 g/mol. The first-order chi connectivity index (χ1) is 1.50. The Morgan fingerprint density at radius 2 is 0.714 bits per heavy atom. The number of hydrogen-bond donors (Lipinski definition) is 1. The summed E-state index contributed by atoms with van der Waals surface area (Å²) >= 11 is 0. The van der Waals surface area contributed by atoms with Crippen LogP contribution in [-0.4, -0.2) is 0 Å². The van der Waals surface area contributed by atoms with Crippen molar-refractivity contribution >= 4 is 0 Å². The molecular formula is C6H21N. The normalized spacial score (nSPS) is 10.3. The molecule has 0 spiro atoms. The lowest BCUT2D eigenvalue weighted by Crippen LogP contribution is -0.856. The van der Waals surface area contributed by atoms with E-state index in [1.54, 1.807) is 0 Å². The summed E-state index contributed by atoms with van der Waals surface area (Å²) in [5.41, 5.74) is 0. The highest BCUT2D eigenvalue weighted by molar-refractivity contribution is 4.50. The molecule has 0 heterocycles. The Labute approximate surface area is 48.7 Å². The first-order valence-corrected chi connectivity index (χ1v) is 1.50. The Morgan fingerprint density at radius 1 is 0.571 bits per heavy atom. The maximum atomic E-state index is 1.50. The van der Waals surface area contributed by atoms with E-state index in [1.807, 2.05) is 0 Å². The summed E-state index contributed by atoms with van der Waals surface area (Å²) < 4.78 is 0. The molecule has 0 amide bonds. The van der Waals surface area contributed by atoms with E-state index < -0.39 is 0 Å². The summed E-state index contributed by atoms with van der Waals surface area (Å²) in [6.45, 7) is 0. The van der Waals surface area contributed by atoms with E-state index in [2.05, 4.69) is 0 Å². The highest BCUT2D eigenvalue weighted by atomic mass is 14.0. The third kappa shape index (κ3) is 101. The smallest absolute Gasteiger partial charge is 0.0533 e. The Hall–Kier alpha value is -0.0400. The van der Waals surface area contributed by atoms with Crippen LogP contribution in [0.4, 0.5) is 0 Å². The molecule has 0 aromatic carbocycles. The van der Waals surface area contributed by atoms with E-state index in [4.69, 9.17) is 0 Å². The molecule has 7 heavy (non-hydrogen) atoms. The summed E-state index contributed by atoms with van der Waals surface area (Å²) in [6.07, 6.45) is 4.50. The topological polar surface area (TPSA) is 35.0 Å². The largest absolute Gasteiger partial charge is 0.344 e. The average molecular weight is 107 g/mol. The van der Waals surface area contributed by atoms with Gasteiger partial charge in [0.05, 0.1) is 0 Å².